The van der Waals surface area contributed by atoms with Crippen molar-refractivity contribution in [2.24, 2.45) is 5.41 Å². The number of likely N-dealkylation sites (tertiary alicyclic amines) is 1. The molecule has 0 aliphatic carbocycles. The largest absolute Gasteiger partial charge is 0.370 e. The van der Waals surface area contributed by atoms with E-state index in [1.165, 1.54) is 0 Å². The summed E-state index contributed by atoms with van der Waals surface area (Å²) in [5.41, 5.74) is 0.0582. The van der Waals surface area contributed by atoms with Crippen molar-refractivity contribution in [3.63, 3.8) is 0 Å². The molecule has 0 bridgehead atoms. The highest BCUT2D eigenvalue weighted by Gasteiger charge is 2.53. The van der Waals surface area contributed by atoms with Crippen molar-refractivity contribution in [2.75, 3.05) is 25.0 Å². The first kappa shape index (κ1) is 18.6. The molecule has 0 radical (unpaired) electrons. The molecule has 146 valence electrons. The van der Waals surface area contributed by atoms with Crippen molar-refractivity contribution >= 4 is 29.1 Å². The lowest BCUT2D eigenvalue weighted by Gasteiger charge is -2.42. The molecule has 3 aliphatic rings. The predicted octanol–water partition coefficient (Wildman–Crippen LogP) is 3.02. The highest BCUT2D eigenvalue weighted by atomic mass is 35.5. The number of halogens is 1. The van der Waals surface area contributed by atoms with Crippen LogP contribution in [0, 0.1) is 5.41 Å². The molecule has 0 saturated carbocycles. The van der Waals surface area contributed by atoms with Gasteiger partial charge in [-0.1, -0.05) is 32.4 Å². The van der Waals surface area contributed by atoms with E-state index in [4.69, 9.17) is 16.3 Å². The maximum atomic E-state index is 12.6. The number of carbonyl (C=O) groups excluding carboxylic acids is 2. The van der Waals surface area contributed by atoms with Crippen molar-refractivity contribution < 1.29 is 14.3 Å². The van der Waals surface area contributed by atoms with Crippen LogP contribution in [0.15, 0.2) is 18.2 Å². The van der Waals surface area contributed by atoms with E-state index in [-0.39, 0.29) is 22.8 Å². The fraction of sp³-hybridized carbons (Fsp3) is 0.600. The number of nitrogens with one attached hydrogen (secondary N) is 2. The van der Waals surface area contributed by atoms with Crippen LogP contribution in [0.3, 0.4) is 0 Å². The lowest BCUT2D eigenvalue weighted by atomic mass is 9.83. The topological polar surface area (TPSA) is 70.7 Å². The fourth-order valence-electron chi connectivity index (χ4n) is 4.39. The van der Waals surface area contributed by atoms with Crippen LogP contribution in [-0.2, 0) is 9.53 Å². The van der Waals surface area contributed by atoms with Crippen molar-refractivity contribution in [3.05, 3.63) is 28.8 Å². The van der Waals surface area contributed by atoms with Gasteiger partial charge in [-0.05, 0) is 31.0 Å². The van der Waals surface area contributed by atoms with E-state index < -0.39 is 5.66 Å². The van der Waals surface area contributed by atoms with Gasteiger partial charge in [0, 0.05) is 35.6 Å². The van der Waals surface area contributed by atoms with Gasteiger partial charge in [0.1, 0.15) is 5.66 Å². The number of hydrogen-bond donors (Lipinski definition) is 2. The first-order valence-corrected chi connectivity index (χ1v) is 9.83. The maximum absolute atomic E-state index is 12.6. The molecule has 3 heterocycles. The van der Waals surface area contributed by atoms with E-state index in [2.05, 4.69) is 10.6 Å². The molecule has 0 aromatic heterocycles. The second-order valence-corrected chi connectivity index (χ2v) is 9.48. The molecular formula is C20H26ClN3O3. The minimum absolute atomic E-state index is 0.132. The van der Waals surface area contributed by atoms with Crippen molar-refractivity contribution in [1.82, 2.24) is 10.2 Å². The minimum Gasteiger partial charge on any atom is -0.370 e. The molecule has 4 rings (SSSR count). The molecule has 2 amide bonds. The fourth-order valence-corrected chi connectivity index (χ4v) is 4.56. The number of ether oxygens (including phenoxy) is 1. The third-order valence-corrected chi connectivity index (χ3v) is 6.04. The molecule has 1 aromatic rings. The molecule has 1 unspecified atom stereocenters. The van der Waals surface area contributed by atoms with E-state index in [1.807, 2.05) is 31.7 Å². The zero-order chi connectivity index (χ0) is 19.4. The molecule has 1 atom stereocenters. The number of fused-ring (bicyclic) bond motifs is 1. The molecule has 6 nitrogen and oxygen atoms in total. The quantitative estimate of drug-likeness (QED) is 0.713. The summed E-state index contributed by atoms with van der Waals surface area (Å²) < 4.78 is 6.23. The first-order valence-electron chi connectivity index (χ1n) is 9.45. The number of nitrogens with zero attached hydrogens (tertiary/aromatic N) is 1. The Hall–Kier alpha value is -1.79. The summed E-state index contributed by atoms with van der Waals surface area (Å²) in [5.74, 6) is 0.0483. The van der Waals surface area contributed by atoms with Gasteiger partial charge in [-0.2, -0.15) is 0 Å². The molecule has 2 N–H and O–H groups in total. The predicted molar refractivity (Wildman–Crippen MR) is 104 cm³/mol. The summed E-state index contributed by atoms with van der Waals surface area (Å²) in [4.78, 5) is 27.1. The Bertz CT molecular complexity index is 796. The summed E-state index contributed by atoms with van der Waals surface area (Å²) in [6.07, 6.45) is 2.24. The molecule has 2 saturated heterocycles. The molecule has 2 spiro atoms. The normalized spacial score (nSPS) is 26.7. The Balaban J connectivity index is 1.47. The summed E-state index contributed by atoms with van der Waals surface area (Å²) in [6.45, 7) is 7.64. The molecular weight excluding hydrogens is 366 g/mol. The van der Waals surface area contributed by atoms with E-state index in [0.29, 0.717) is 36.7 Å². The van der Waals surface area contributed by atoms with Gasteiger partial charge in [0.25, 0.3) is 5.91 Å². The highest BCUT2D eigenvalue weighted by molar-refractivity contribution is 6.31. The number of amides is 2. The second-order valence-electron chi connectivity index (χ2n) is 9.04. The standard InChI is InChI=1S/C20H26ClN3O3/c1-18(2,3)17(26)24-8-6-19(7-9-24)11-20(12-27-19)22-15-5-4-13(21)10-14(15)16(25)23-20/h4-5,10,22H,6-9,11-12H2,1-3H3,(H,23,25). The average Bonchev–Trinajstić information content (AvgIpc) is 2.92. The van der Waals surface area contributed by atoms with E-state index in [0.717, 1.165) is 18.5 Å². The third kappa shape index (κ3) is 3.29. The second kappa shape index (κ2) is 6.11. The van der Waals surface area contributed by atoms with E-state index >= 15 is 0 Å². The number of piperidine rings is 1. The molecule has 2 fully saturated rings. The summed E-state index contributed by atoms with van der Waals surface area (Å²) in [7, 11) is 0. The lowest BCUT2D eigenvalue weighted by Crippen LogP contribution is -2.59. The lowest BCUT2D eigenvalue weighted by molar-refractivity contribution is -0.144. The zero-order valence-electron chi connectivity index (χ0n) is 16.0. The Morgan fingerprint density at radius 3 is 2.59 bits per heavy atom. The van der Waals surface area contributed by atoms with Crippen molar-refractivity contribution in [1.29, 1.82) is 0 Å². The van der Waals surface area contributed by atoms with Gasteiger partial charge in [0.15, 0.2) is 0 Å². The molecule has 7 heteroatoms. The summed E-state index contributed by atoms with van der Waals surface area (Å²) >= 11 is 6.02. The van der Waals surface area contributed by atoms with Crippen molar-refractivity contribution in [2.45, 2.75) is 51.3 Å². The first-order chi connectivity index (χ1) is 12.6. The number of carbonyl (C=O) groups is 2. The number of hydrogen-bond acceptors (Lipinski definition) is 4. The SMILES string of the molecule is CC(C)(C)C(=O)N1CCC2(CC1)CC1(CO2)NC(=O)c2cc(Cl)ccc2N1. The van der Waals surface area contributed by atoms with Gasteiger partial charge >= 0.3 is 0 Å². The van der Waals surface area contributed by atoms with E-state index in [1.54, 1.807) is 12.1 Å². The van der Waals surface area contributed by atoms with Gasteiger partial charge in [0.05, 0.1) is 17.8 Å². The van der Waals surface area contributed by atoms with Crippen LogP contribution in [0.4, 0.5) is 5.69 Å². The van der Waals surface area contributed by atoms with Crippen LogP contribution in [0.25, 0.3) is 0 Å². The smallest absolute Gasteiger partial charge is 0.255 e. The highest BCUT2D eigenvalue weighted by Crippen LogP contribution is 2.43. The third-order valence-electron chi connectivity index (χ3n) is 5.81. The minimum atomic E-state index is -0.603. The number of rotatable bonds is 0. The Morgan fingerprint density at radius 2 is 1.93 bits per heavy atom. The van der Waals surface area contributed by atoms with Gasteiger partial charge in [0.2, 0.25) is 5.91 Å². The molecule has 3 aliphatic heterocycles. The zero-order valence-corrected chi connectivity index (χ0v) is 16.8. The van der Waals surface area contributed by atoms with Gasteiger partial charge in [-0.3, -0.25) is 9.59 Å². The Labute approximate surface area is 164 Å². The van der Waals surface area contributed by atoms with Crippen LogP contribution in [0.2, 0.25) is 5.02 Å². The van der Waals surface area contributed by atoms with Crippen LogP contribution in [0.5, 0.6) is 0 Å². The van der Waals surface area contributed by atoms with Crippen molar-refractivity contribution in [3.8, 4) is 0 Å². The summed E-state index contributed by atoms with van der Waals surface area (Å²) in [6, 6.07) is 5.30. The van der Waals surface area contributed by atoms with Gasteiger partial charge in [-0.25, -0.2) is 0 Å². The summed E-state index contributed by atoms with van der Waals surface area (Å²) in [5, 5.41) is 7.09. The Kier molecular flexibility index (Phi) is 4.20. The number of anilines is 1. The Morgan fingerprint density at radius 1 is 1.22 bits per heavy atom. The van der Waals surface area contributed by atoms with Crippen LogP contribution in [-0.4, -0.2) is 47.7 Å². The van der Waals surface area contributed by atoms with Crippen LogP contribution in [0.1, 0.15) is 50.4 Å². The van der Waals surface area contributed by atoms with Gasteiger partial charge < -0.3 is 20.3 Å². The van der Waals surface area contributed by atoms with Crippen LogP contribution < -0.4 is 10.6 Å². The van der Waals surface area contributed by atoms with Crippen LogP contribution >= 0.6 is 11.6 Å². The van der Waals surface area contributed by atoms with E-state index in [9.17, 15) is 9.59 Å². The molecule has 1 aromatic carbocycles. The monoisotopic (exact) mass is 391 g/mol. The van der Waals surface area contributed by atoms with Gasteiger partial charge in [-0.15, -0.1) is 0 Å². The molecule has 27 heavy (non-hydrogen) atoms. The number of benzene rings is 1. The average molecular weight is 392 g/mol. The maximum Gasteiger partial charge on any atom is 0.255 e.